The highest BCUT2D eigenvalue weighted by molar-refractivity contribution is 5.96. The van der Waals surface area contributed by atoms with E-state index in [-0.39, 0.29) is 0 Å². The van der Waals surface area contributed by atoms with E-state index in [4.69, 9.17) is 0 Å². The van der Waals surface area contributed by atoms with E-state index in [1.54, 1.807) is 0 Å². The van der Waals surface area contributed by atoms with Crippen LogP contribution < -0.4 is 0 Å². The van der Waals surface area contributed by atoms with E-state index < -0.39 is 0 Å². The summed E-state index contributed by atoms with van der Waals surface area (Å²) in [6, 6.07) is 0. The highest BCUT2D eigenvalue weighted by Gasteiger charge is 2.16. The van der Waals surface area contributed by atoms with Crippen molar-refractivity contribution in [1.29, 1.82) is 0 Å². The fourth-order valence-electron chi connectivity index (χ4n) is 1.72. The first-order valence-corrected chi connectivity index (χ1v) is 4.87. The molecule has 70 valence electrons. The SMILES string of the molecule is CC#CCCC1=C(C)CCCC1=O. The molecule has 0 saturated heterocycles. The number of allylic oxidation sites excluding steroid dienone is 2. The molecule has 0 aromatic heterocycles. The number of rotatable bonds is 2. The summed E-state index contributed by atoms with van der Waals surface area (Å²) in [5.41, 5.74) is 2.34. The van der Waals surface area contributed by atoms with Crippen molar-refractivity contribution in [2.24, 2.45) is 0 Å². The number of carbonyl (C=O) groups excluding carboxylic acids is 1. The highest BCUT2D eigenvalue weighted by atomic mass is 16.1. The molecular weight excluding hydrogens is 160 g/mol. The van der Waals surface area contributed by atoms with Gasteiger partial charge >= 0.3 is 0 Å². The monoisotopic (exact) mass is 176 g/mol. The number of ketones is 1. The van der Waals surface area contributed by atoms with Crippen LogP contribution in [0, 0.1) is 11.8 Å². The van der Waals surface area contributed by atoms with E-state index >= 15 is 0 Å². The van der Waals surface area contributed by atoms with Crippen molar-refractivity contribution in [2.75, 3.05) is 0 Å². The molecule has 13 heavy (non-hydrogen) atoms. The lowest BCUT2D eigenvalue weighted by atomic mass is 9.89. The topological polar surface area (TPSA) is 17.1 Å². The van der Waals surface area contributed by atoms with Crippen LogP contribution in [0.5, 0.6) is 0 Å². The van der Waals surface area contributed by atoms with Crippen LogP contribution in [-0.2, 0) is 4.79 Å². The molecule has 1 aliphatic carbocycles. The Labute approximate surface area is 80.2 Å². The predicted molar refractivity (Wildman–Crippen MR) is 54.2 cm³/mol. The summed E-state index contributed by atoms with van der Waals surface area (Å²) in [7, 11) is 0. The molecule has 0 atom stereocenters. The van der Waals surface area contributed by atoms with Crippen LogP contribution in [0.15, 0.2) is 11.1 Å². The molecule has 0 N–H and O–H groups in total. The molecule has 0 fully saturated rings. The van der Waals surface area contributed by atoms with Crippen LogP contribution in [0.4, 0.5) is 0 Å². The Kier molecular flexibility index (Phi) is 3.76. The van der Waals surface area contributed by atoms with Crippen LogP contribution >= 0.6 is 0 Å². The van der Waals surface area contributed by atoms with Gasteiger partial charge in [0.25, 0.3) is 0 Å². The number of hydrogen-bond donors (Lipinski definition) is 0. The van der Waals surface area contributed by atoms with E-state index in [9.17, 15) is 4.79 Å². The van der Waals surface area contributed by atoms with E-state index in [2.05, 4.69) is 18.8 Å². The third kappa shape index (κ3) is 2.73. The zero-order valence-electron chi connectivity index (χ0n) is 8.44. The standard InChI is InChI=1S/C12H16O/c1-3-4-5-8-11-10(2)7-6-9-12(11)13/h5-9H2,1-2H3. The first kappa shape index (κ1) is 10.1. The van der Waals surface area contributed by atoms with Crippen molar-refractivity contribution < 1.29 is 4.79 Å². The minimum atomic E-state index is 0.349. The summed E-state index contributed by atoms with van der Waals surface area (Å²) < 4.78 is 0. The normalized spacial score (nSPS) is 16.9. The van der Waals surface area contributed by atoms with Gasteiger partial charge in [-0.05, 0) is 38.7 Å². The fraction of sp³-hybridized carbons (Fsp3) is 0.583. The molecule has 1 rings (SSSR count). The van der Waals surface area contributed by atoms with Gasteiger partial charge in [0.2, 0.25) is 0 Å². The molecular formula is C12H16O. The summed E-state index contributed by atoms with van der Waals surface area (Å²) >= 11 is 0. The van der Waals surface area contributed by atoms with Gasteiger partial charge in [0.05, 0.1) is 0 Å². The zero-order valence-corrected chi connectivity index (χ0v) is 8.44. The van der Waals surface area contributed by atoms with Crippen LogP contribution in [0.2, 0.25) is 0 Å². The number of carbonyl (C=O) groups is 1. The highest BCUT2D eigenvalue weighted by Crippen LogP contribution is 2.24. The van der Waals surface area contributed by atoms with E-state index in [1.165, 1.54) is 5.57 Å². The largest absolute Gasteiger partial charge is 0.295 e. The van der Waals surface area contributed by atoms with Crippen LogP contribution in [0.3, 0.4) is 0 Å². The van der Waals surface area contributed by atoms with Gasteiger partial charge < -0.3 is 0 Å². The Morgan fingerprint density at radius 3 is 2.77 bits per heavy atom. The Morgan fingerprint density at radius 2 is 2.15 bits per heavy atom. The summed E-state index contributed by atoms with van der Waals surface area (Å²) in [6.07, 6.45) is 4.56. The second-order valence-corrected chi connectivity index (χ2v) is 3.46. The Balaban J connectivity index is 2.61. The van der Waals surface area contributed by atoms with Crippen molar-refractivity contribution in [1.82, 2.24) is 0 Å². The summed E-state index contributed by atoms with van der Waals surface area (Å²) in [5, 5.41) is 0. The first-order valence-electron chi connectivity index (χ1n) is 4.87. The average molecular weight is 176 g/mol. The lowest BCUT2D eigenvalue weighted by Gasteiger charge is -2.15. The van der Waals surface area contributed by atoms with Gasteiger partial charge in [0.15, 0.2) is 5.78 Å². The van der Waals surface area contributed by atoms with Crippen LogP contribution in [-0.4, -0.2) is 5.78 Å². The second-order valence-electron chi connectivity index (χ2n) is 3.46. The van der Waals surface area contributed by atoms with Crippen LogP contribution in [0.25, 0.3) is 0 Å². The summed E-state index contributed by atoms with van der Waals surface area (Å²) in [5.74, 6) is 6.20. The first-order chi connectivity index (χ1) is 6.25. The molecule has 1 heteroatoms. The molecule has 0 heterocycles. The van der Waals surface area contributed by atoms with E-state index in [0.29, 0.717) is 5.78 Å². The lowest BCUT2D eigenvalue weighted by molar-refractivity contribution is -0.116. The zero-order chi connectivity index (χ0) is 9.68. The van der Waals surface area contributed by atoms with Crippen molar-refractivity contribution >= 4 is 5.78 Å². The van der Waals surface area contributed by atoms with Crippen molar-refractivity contribution in [2.45, 2.75) is 46.0 Å². The van der Waals surface area contributed by atoms with Gasteiger partial charge in [-0.1, -0.05) is 5.57 Å². The molecule has 0 saturated carbocycles. The Morgan fingerprint density at radius 1 is 1.38 bits per heavy atom. The third-order valence-electron chi connectivity index (χ3n) is 2.48. The molecule has 0 aromatic rings. The molecule has 0 amide bonds. The minimum absolute atomic E-state index is 0.349. The maximum absolute atomic E-state index is 11.5. The molecule has 0 bridgehead atoms. The molecule has 1 nitrogen and oxygen atoms in total. The number of Topliss-reactive ketones (excluding diaryl/α,β-unsaturated/α-hetero) is 1. The van der Waals surface area contributed by atoms with Gasteiger partial charge in [-0.25, -0.2) is 0 Å². The van der Waals surface area contributed by atoms with Gasteiger partial charge in [-0.3, -0.25) is 4.79 Å². The third-order valence-corrected chi connectivity index (χ3v) is 2.48. The quantitative estimate of drug-likeness (QED) is 0.591. The molecule has 0 radical (unpaired) electrons. The van der Waals surface area contributed by atoms with Crippen LogP contribution in [0.1, 0.15) is 46.0 Å². The molecule has 0 aromatic carbocycles. The Bertz CT molecular complexity index is 286. The Hall–Kier alpha value is -1.03. The maximum atomic E-state index is 11.5. The molecule has 0 unspecified atom stereocenters. The van der Waals surface area contributed by atoms with Gasteiger partial charge in [-0.15, -0.1) is 11.8 Å². The number of hydrogen-bond acceptors (Lipinski definition) is 1. The van der Waals surface area contributed by atoms with Gasteiger partial charge in [0, 0.05) is 12.8 Å². The summed E-state index contributed by atoms with van der Waals surface area (Å²) in [6.45, 7) is 3.91. The molecule has 0 aliphatic heterocycles. The fourth-order valence-corrected chi connectivity index (χ4v) is 1.72. The predicted octanol–water partition coefficient (Wildman–Crippen LogP) is 2.86. The summed E-state index contributed by atoms with van der Waals surface area (Å²) in [4.78, 5) is 11.5. The van der Waals surface area contributed by atoms with Crippen molar-refractivity contribution in [3.8, 4) is 11.8 Å². The van der Waals surface area contributed by atoms with Crippen molar-refractivity contribution in [3.05, 3.63) is 11.1 Å². The lowest BCUT2D eigenvalue weighted by Crippen LogP contribution is -2.10. The molecule has 0 spiro atoms. The second kappa shape index (κ2) is 4.87. The van der Waals surface area contributed by atoms with E-state index in [0.717, 1.165) is 37.7 Å². The average Bonchev–Trinajstić information content (AvgIpc) is 2.10. The smallest absolute Gasteiger partial charge is 0.158 e. The van der Waals surface area contributed by atoms with Crippen molar-refractivity contribution in [3.63, 3.8) is 0 Å². The maximum Gasteiger partial charge on any atom is 0.158 e. The van der Waals surface area contributed by atoms with E-state index in [1.807, 2.05) is 6.92 Å². The van der Waals surface area contributed by atoms with Gasteiger partial charge in [0.1, 0.15) is 0 Å². The van der Waals surface area contributed by atoms with Gasteiger partial charge in [-0.2, -0.15) is 0 Å². The molecule has 1 aliphatic rings. The minimum Gasteiger partial charge on any atom is -0.295 e.